The summed E-state index contributed by atoms with van der Waals surface area (Å²) in [7, 11) is 0. The molecule has 4 amide bonds. The summed E-state index contributed by atoms with van der Waals surface area (Å²) in [5, 5.41) is 2.20. The third-order valence-corrected chi connectivity index (χ3v) is 4.48. The minimum Gasteiger partial charge on any atom is -0.492 e. The van der Waals surface area contributed by atoms with Crippen molar-refractivity contribution in [3.63, 3.8) is 0 Å². The number of furan rings is 1. The molecule has 30 heavy (non-hydrogen) atoms. The molecular weight excluding hydrogens is 384 g/mol. The maximum Gasteiger partial charge on any atom is 0.336 e. The van der Waals surface area contributed by atoms with Crippen LogP contribution in [-0.2, 0) is 9.59 Å². The predicted octanol–water partition coefficient (Wildman–Crippen LogP) is 4.01. The van der Waals surface area contributed by atoms with Crippen molar-refractivity contribution in [1.29, 1.82) is 0 Å². The van der Waals surface area contributed by atoms with Gasteiger partial charge in [0.15, 0.2) is 0 Å². The van der Waals surface area contributed by atoms with Crippen molar-refractivity contribution in [1.82, 2.24) is 5.32 Å². The van der Waals surface area contributed by atoms with Crippen LogP contribution in [0.25, 0.3) is 17.4 Å². The van der Waals surface area contributed by atoms with Crippen LogP contribution in [0.15, 0.2) is 76.7 Å². The lowest BCUT2D eigenvalue weighted by atomic mass is 10.1. The maximum atomic E-state index is 13.1. The molecular formula is C23H18N2O5. The number of imide groups is 2. The molecule has 1 aliphatic heterocycles. The second kappa shape index (κ2) is 8.08. The quantitative estimate of drug-likeness (QED) is 0.515. The fraction of sp³-hybridized carbons (Fsp3) is 0.0870. The number of nitrogens with one attached hydrogen (secondary N) is 1. The number of hydrogen-bond acceptors (Lipinski definition) is 5. The van der Waals surface area contributed by atoms with Crippen molar-refractivity contribution >= 4 is 29.6 Å². The van der Waals surface area contributed by atoms with Gasteiger partial charge in [0, 0.05) is 5.56 Å². The van der Waals surface area contributed by atoms with Gasteiger partial charge in [0.1, 0.15) is 22.8 Å². The Labute approximate surface area is 172 Å². The molecule has 0 spiro atoms. The molecule has 7 nitrogen and oxygen atoms in total. The first-order valence-corrected chi connectivity index (χ1v) is 9.37. The molecule has 1 aromatic heterocycles. The van der Waals surface area contributed by atoms with Gasteiger partial charge >= 0.3 is 6.03 Å². The second-order valence-corrected chi connectivity index (χ2v) is 6.43. The van der Waals surface area contributed by atoms with Crippen molar-refractivity contribution in [3.05, 3.63) is 78.1 Å². The number of anilines is 1. The summed E-state index contributed by atoms with van der Waals surface area (Å²) < 4.78 is 11.3. The van der Waals surface area contributed by atoms with E-state index in [-0.39, 0.29) is 11.3 Å². The van der Waals surface area contributed by atoms with Gasteiger partial charge in [-0.2, -0.15) is 0 Å². The second-order valence-electron chi connectivity index (χ2n) is 6.43. The average molecular weight is 402 g/mol. The van der Waals surface area contributed by atoms with Crippen LogP contribution in [0.4, 0.5) is 10.5 Å². The molecule has 150 valence electrons. The number of benzene rings is 2. The minimum atomic E-state index is -0.835. The molecule has 0 saturated carbocycles. The van der Waals surface area contributed by atoms with E-state index >= 15 is 0 Å². The Morgan fingerprint density at radius 2 is 1.70 bits per heavy atom. The van der Waals surface area contributed by atoms with Crippen LogP contribution >= 0.6 is 0 Å². The molecule has 4 rings (SSSR count). The molecule has 2 aromatic carbocycles. The van der Waals surface area contributed by atoms with Gasteiger partial charge < -0.3 is 9.15 Å². The summed E-state index contributed by atoms with van der Waals surface area (Å²) in [5.41, 5.74) is 0.906. The topological polar surface area (TPSA) is 88.8 Å². The van der Waals surface area contributed by atoms with E-state index < -0.39 is 17.8 Å². The highest BCUT2D eigenvalue weighted by atomic mass is 16.5. The predicted molar refractivity (Wildman–Crippen MR) is 111 cm³/mol. The van der Waals surface area contributed by atoms with E-state index in [4.69, 9.17) is 9.15 Å². The van der Waals surface area contributed by atoms with Gasteiger partial charge in [-0.05, 0) is 37.3 Å². The van der Waals surface area contributed by atoms with Crippen LogP contribution in [0.3, 0.4) is 0 Å². The number of barbiturate groups is 1. The van der Waals surface area contributed by atoms with Gasteiger partial charge in [0.05, 0.1) is 12.3 Å². The highest BCUT2D eigenvalue weighted by molar-refractivity contribution is 6.39. The molecule has 1 N–H and O–H groups in total. The maximum absolute atomic E-state index is 13.1. The van der Waals surface area contributed by atoms with Gasteiger partial charge in [0.25, 0.3) is 11.8 Å². The Morgan fingerprint density at radius 3 is 2.47 bits per heavy atom. The van der Waals surface area contributed by atoms with E-state index in [9.17, 15) is 14.4 Å². The lowest BCUT2D eigenvalue weighted by Gasteiger charge is -2.27. The first-order chi connectivity index (χ1) is 14.6. The summed E-state index contributed by atoms with van der Waals surface area (Å²) in [5.74, 6) is -0.261. The molecule has 0 atom stereocenters. The smallest absolute Gasteiger partial charge is 0.336 e. The normalized spacial score (nSPS) is 15.4. The van der Waals surface area contributed by atoms with Gasteiger partial charge in [-0.25, -0.2) is 9.69 Å². The SMILES string of the molecule is CCOc1ccccc1N1C(=O)NC(=O)/C(=C\c2ccc(-c3ccccc3)o2)C1=O. The molecule has 0 aliphatic carbocycles. The van der Waals surface area contributed by atoms with Crippen LogP contribution < -0.4 is 15.0 Å². The van der Waals surface area contributed by atoms with Crippen LogP contribution in [-0.4, -0.2) is 24.5 Å². The largest absolute Gasteiger partial charge is 0.492 e. The number of carbonyl (C=O) groups excluding carboxylic acids is 3. The minimum absolute atomic E-state index is 0.213. The Morgan fingerprint density at radius 1 is 0.967 bits per heavy atom. The van der Waals surface area contributed by atoms with Crippen molar-refractivity contribution in [2.75, 3.05) is 11.5 Å². The number of nitrogens with zero attached hydrogens (tertiary/aromatic N) is 1. The zero-order chi connectivity index (χ0) is 21.1. The Kier molecular flexibility index (Phi) is 5.17. The first kappa shape index (κ1) is 19.2. The van der Waals surface area contributed by atoms with E-state index in [1.807, 2.05) is 30.3 Å². The lowest BCUT2D eigenvalue weighted by Crippen LogP contribution is -2.54. The van der Waals surface area contributed by atoms with Crippen LogP contribution in [0.1, 0.15) is 12.7 Å². The molecule has 0 unspecified atom stereocenters. The van der Waals surface area contributed by atoms with E-state index in [1.54, 1.807) is 43.3 Å². The Hall–Kier alpha value is -4.13. The molecule has 1 saturated heterocycles. The molecule has 0 radical (unpaired) electrons. The number of urea groups is 1. The molecule has 2 heterocycles. The summed E-state index contributed by atoms with van der Waals surface area (Å²) in [6, 6.07) is 18.6. The fourth-order valence-electron chi connectivity index (χ4n) is 3.13. The van der Waals surface area contributed by atoms with Gasteiger partial charge in [-0.15, -0.1) is 0 Å². The standard InChI is InChI=1S/C23H18N2O5/c1-2-29-20-11-7-6-10-18(20)25-22(27)17(21(26)24-23(25)28)14-16-12-13-19(30-16)15-8-4-3-5-9-15/h3-14H,2H2,1H3,(H,24,26,28)/b17-14+. The van der Waals surface area contributed by atoms with Crippen molar-refractivity contribution in [2.45, 2.75) is 6.92 Å². The molecule has 3 aromatic rings. The summed E-state index contributed by atoms with van der Waals surface area (Å²) >= 11 is 0. The van der Waals surface area contributed by atoms with Crippen molar-refractivity contribution < 1.29 is 23.5 Å². The van der Waals surface area contributed by atoms with E-state index in [1.165, 1.54) is 6.08 Å². The van der Waals surface area contributed by atoms with Crippen LogP contribution in [0.2, 0.25) is 0 Å². The average Bonchev–Trinajstić information content (AvgIpc) is 3.22. The van der Waals surface area contributed by atoms with Crippen LogP contribution in [0.5, 0.6) is 5.75 Å². The molecule has 0 bridgehead atoms. The van der Waals surface area contributed by atoms with Crippen molar-refractivity contribution in [3.8, 4) is 17.1 Å². The van der Waals surface area contributed by atoms with Gasteiger partial charge in [-0.3, -0.25) is 14.9 Å². The number of para-hydroxylation sites is 2. The number of amides is 4. The Balaban J connectivity index is 1.69. The third kappa shape index (κ3) is 3.60. The van der Waals surface area contributed by atoms with Gasteiger partial charge in [-0.1, -0.05) is 42.5 Å². The van der Waals surface area contributed by atoms with E-state index in [2.05, 4.69) is 5.32 Å². The summed E-state index contributed by atoms with van der Waals surface area (Å²) in [4.78, 5) is 38.7. The molecule has 1 aliphatic rings. The number of ether oxygens (including phenoxy) is 1. The highest BCUT2D eigenvalue weighted by Crippen LogP contribution is 2.31. The van der Waals surface area contributed by atoms with E-state index in [0.29, 0.717) is 23.9 Å². The zero-order valence-electron chi connectivity index (χ0n) is 16.1. The van der Waals surface area contributed by atoms with Crippen LogP contribution in [0, 0.1) is 0 Å². The fourth-order valence-corrected chi connectivity index (χ4v) is 3.13. The highest BCUT2D eigenvalue weighted by Gasteiger charge is 2.38. The number of carbonyl (C=O) groups is 3. The first-order valence-electron chi connectivity index (χ1n) is 9.37. The monoisotopic (exact) mass is 402 g/mol. The lowest BCUT2D eigenvalue weighted by molar-refractivity contribution is -0.122. The zero-order valence-corrected chi connectivity index (χ0v) is 16.1. The molecule has 1 fully saturated rings. The molecule has 7 heteroatoms. The number of rotatable bonds is 5. The summed E-state index contributed by atoms with van der Waals surface area (Å²) in [6.45, 7) is 2.15. The Bertz CT molecular complexity index is 1150. The number of hydrogen-bond donors (Lipinski definition) is 1. The van der Waals surface area contributed by atoms with Crippen molar-refractivity contribution in [2.24, 2.45) is 0 Å². The third-order valence-electron chi connectivity index (χ3n) is 4.48. The summed E-state index contributed by atoms with van der Waals surface area (Å²) in [6.07, 6.45) is 1.33. The van der Waals surface area contributed by atoms with Gasteiger partial charge in [0.2, 0.25) is 0 Å². The van der Waals surface area contributed by atoms with E-state index in [0.717, 1.165) is 10.5 Å².